The van der Waals surface area contributed by atoms with E-state index >= 15 is 0 Å². The summed E-state index contributed by atoms with van der Waals surface area (Å²) in [5.74, 6) is 1.33. The Labute approximate surface area is 101 Å². The van der Waals surface area contributed by atoms with Gasteiger partial charge in [0.25, 0.3) is 0 Å². The highest BCUT2D eigenvalue weighted by molar-refractivity contribution is 5.42. The van der Waals surface area contributed by atoms with Gasteiger partial charge in [-0.2, -0.15) is 5.10 Å². The standard InChI is InChI=1S/C12H17N5/c1-8-14-6-9(7-15-8)17-11(13)5-10(16-17)12(2,3)4/h5-7H,13H2,1-4H3. The Morgan fingerprint density at radius 3 is 2.24 bits per heavy atom. The molecule has 0 spiro atoms. The van der Waals surface area contributed by atoms with Gasteiger partial charge in [-0.25, -0.2) is 14.6 Å². The lowest BCUT2D eigenvalue weighted by Crippen LogP contribution is -2.12. The Hall–Kier alpha value is -1.91. The molecule has 0 atom stereocenters. The highest BCUT2D eigenvalue weighted by Gasteiger charge is 2.19. The molecule has 0 fully saturated rings. The third-order valence-corrected chi connectivity index (χ3v) is 2.52. The molecule has 0 saturated carbocycles. The fourth-order valence-electron chi connectivity index (χ4n) is 1.46. The number of hydrogen-bond acceptors (Lipinski definition) is 4. The summed E-state index contributed by atoms with van der Waals surface area (Å²) in [5.41, 5.74) is 7.67. The van der Waals surface area contributed by atoms with Gasteiger partial charge in [0.05, 0.1) is 18.1 Å². The summed E-state index contributed by atoms with van der Waals surface area (Å²) in [5, 5.41) is 4.49. The van der Waals surface area contributed by atoms with Crippen LogP contribution in [0.3, 0.4) is 0 Å². The number of nitrogen functional groups attached to an aromatic ring is 1. The minimum absolute atomic E-state index is 0.0229. The molecule has 0 radical (unpaired) electrons. The van der Waals surface area contributed by atoms with E-state index in [1.54, 1.807) is 17.1 Å². The largest absolute Gasteiger partial charge is 0.384 e. The summed E-state index contributed by atoms with van der Waals surface area (Å²) in [6, 6.07) is 1.89. The van der Waals surface area contributed by atoms with E-state index in [0.29, 0.717) is 5.82 Å². The lowest BCUT2D eigenvalue weighted by atomic mass is 9.92. The smallest absolute Gasteiger partial charge is 0.127 e. The first-order valence-corrected chi connectivity index (χ1v) is 5.53. The molecule has 0 bridgehead atoms. The van der Waals surface area contributed by atoms with Crippen molar-refractivity contribution in [3.8, 4) is 5.69 Å². The number of hydrogen-bond donors (Lipinski definition) is 1. The molecule has 0 aliphatic heterocycles. The zero-order valence-electron chi connectivity index (χ0n) is 10.6. The van der Waals surface area contributed by atoms with Crippen molar-refractivity contribution in [3.63, 3.8) is 0 Å². The van der Waals surface area contributed by atoms with Gasteiger partial charge in [-0.3, -0.25) is 0 Å². The fraction of sp³-hybridized carbons (Fsp3) is 0.417. The zero-order chi connectivity index (χ0) is 12.6. The van der Waals surface area contributed by atoms with Gasteiger partial charge in [0, 0.05) is 11.5 Å². The number of nitrogens with zero attached hydrogens (tertiary/aromatic N) is 4. The van der Waals surface area contributed by atoms with Gasteiger partial charge in [0.2, 0.25) is 0 Å². The lowest BCUT2D eigenvalue weighted by Gasteiger charge is -2.14. The van der Waals surface area contributed by atoms with Crippen molar-refractivity contribution in [2.24, 2.45) is 0 Å². The highest BCUT2D eigenvalue weighted by Crippen LogP contribution is 2.24. The van der Waals surface area contributed by atoms with Crippen molar-refractivity contribution in [2.45, 2.75) is 33.1 Å². The summed E-state index contributed by atoms with van der Waals surface area (Å²) in [6.07, 6.45) is 3.44. The van der Waals surface area contributed by atoms with Crippen LogP contribution in [0.4, 0.5) is 5.82 Å². The van der Waals surface area contributed by atoms with Crippen LogP contribution in [0.25, 0.3) is 5.69 Å². The van der Waals surface area contributed by atoms with E-state index in [-0.39, 0.29) is 5.41 Å². The summed E-state index contributed by atoms with van der Waals surface area (Å²) in [6.45, 7) is 8.15. The van der Waals surface area contributed by atoms with E-state index in [1.807, 2.05) is 13.0 Å². The maximum Gasteiger partial charge on any atom is 0.127 e. The van der Waals surface area contributed by atoms with Crippen molar-refractivity contribution in [3.05, 3.63) is 30.0 Å². The van der Waals surface area contributed by atoms with Crippen molar-refractivity contribution < 1.29 is 0 Å². The quantitative estimate of drug-likeness (QED) is 0.813. The second-order valence-corrected chi connectivity index (χ2v) is 5.10. The predicted octanol–water partition coefficient (Wildman–Crippen LogP) is 1.85. The molecule has 0 unspecified atom stereocenters. The van der Waals surface area contributed by atoms with Crippen molar-refractivity contribution >= 4 is 5.82 Å². The first-order chi connectivity index (χ1) is 7.88. The Kier molecular flexibility index (Phi) is 2.61. The monoisotopic (exact) mass is 231 g/mol. The van der Waals surface area contributed by atoms with Gasteiger partial charge >= 0.3 is 0 Å². The van der Waals surface area contributed by atoms with Crippen LogP contribution in [0.2, 0.25) is 0 Å². The van der Waals surface area contributed by atoms with Crippen LogP contribution in [-0.2, 0) is 5.41 Å². The normalized spacial score (nSPS) is 11.8. The van der Waals surface area contributed by atoms with Crippen LogP contribution in [0.5, 0.6) is 0 Å². The molecule has 5 heteroatoms. The summed E-state index contributed by atoms with van der Waals surface area (Å²) < 4.78 is 1.67. The second-order valence-electron chi connectivity index (χ2n) is 5.10. The van der Waals surface area contributed by atoms with Crippen LogP contribution in [-0.4, -0.2) is 19.7 Å². The Balaban J connectivity index is 2.46. The molecule has 2 rings (SSSR count). The molecular formula is C12H17N5. The molecule has 0 aliphatic rings. The first kappa shape index (κ1) is 11.6. The average molecular weight is 231 g/mol. The maximum atomic E-state index is 5.95. The molecule has 5 nitrogen and oxygen atoms in total. The molecule has 0 aromatic carbocycles. The second kappa shape index (κ2) is 3.84. The number of aromatic nitrogens is 4. The molecule has 90 valence electrons. The maximum absolute atomic E-state index is 5.95. The Morgan fingerprint density at radius 1 is 1.18 bits per heavy atom. The molecule has 2 heterocycles. The fourth-order valence-corrected chi connectivity index (χ4v) is 1.46. The number of anilines is 1. The van der Waals surface area contributed by atoms with Crippen molar-refractivity contribution in [1.82, 2.24) is 19.7 Å². The number of nitrogens with two attached hydrogens (primary N) is 1. The van der Waals surface area contributed by atoms with Crippen LogP contribution in [0, 0.1) is 6.92 Å². The van der Waals surface area contributed by atoms with Crippen LogP contribution in [0.1, 0.15) is 32.3 Å². The average Bonchev–Trinajstić information content (AvgIpc) is 2.61. The molecule has 2 N–H and O–H groups in total. The molecular weight excluding hydrogens is 214 g/mol. The highest BCUT2D eigenvalue weighted by atomic mass is 15.3. The molecule has 0 saturated heterocycles. The summed E-state index contributed by atoms with van der Waals surface area (Å²) in [4.78, 5) is 8.28. The van der Waals surface area contributed by atoms with Crippen LogP contribution < -0.4 is 5.73 Å². The first-order valence-electron chi connectivity index (χ1n) is 5.53. The minimum atomic E-state index is -0.0229. The van der Waals surface area contributed by atoms with E-state index in [4.69, 9.17) is 5.73 Å². The third-order valence-electron chi connectivity index (χ3n) is 2.52. The van der Waals surface area contributed by atoms with Gasteiger partial charge in [-0.05, 0) is 6.92 Å². The van der Waals surface area contributed by atoms with E-state index in [9.17, 15) is 0 Å². The molecule has 0 amide bonds. The van der Waals surface area contributed by atoms with Crippen LogP contribution >= 0.6 is 0 Å². The Morgan fingerprint density at radius 2 is 1.76 bits per heavy atom. The van der Waals surface area contributed by atoms with Gasteiger partial charge in [-0.1, -0.05) is 20.8 Å². The SMILES string of the molecule is Cc1ncc(-n2nc(C(C)(C)C)cc2N)cn1. The van der Waals surface area contributed by atoms with Gasteiger partial charge < -0.3 is 5.73 Å². The van der Waals surface area contributed by atoms with E-state index in [1.165, 1.54) is 0 Å². The summed E-state index contributed by atoms with van der Waals surface area (Å²) >= 11 is 0. The number of rotatable bonds is 1. The van der Waals surface area contributed by atoms with E-state index in [2.05, 4.69) is 35.8 Å². The molecule has 17 heavy (non-hydrogen) atoms. The number of aryl methyl sites for hydroxylation is 1. The van der Waals surface area contributed by atoms with E-state index < -0.39 is 0 Å². The molecule has 2 aromatic rings. The third kappa shape index (κ3) is 2.27. The zero-order valence-corrected chi connectivity index (χ0v) is 10.6. The Bertz CT molecular complexity index is 519. The topological polar surface area (TPSA) is 69.6 Å². The van der Waals surface area contributed by atoms with E-state index in [0.717, 1.165) is 17.2 Å². The van der Waals surface area contributed by atoms with Crippen molar-refractivity contribution in [2.75, 3.05) is 5.73 Å². The lowest BCUT2D eigenvalue weighted by molar-refractivity contribution is 0.560. The van der Waals surface area contributed by atoms with Gasteiger partial charge in [-0.15, -0.1) is 0 Å². The predicted molar refractivity (Wildman–Crippen MR) is 67.0 cm³/mol. The minimum Gasteiger partial charge on any atom is -0.384 e. The molecule has 2 aromatic heterocycles. The van der Waals surface area contributed by atoms with Crippen molar-refractivity contribution in [1.29, 1.82) is 0 Å². The molecule has 0 aliphatic carbocycles. The van der Waals surface area contributed by atoms with Gasteiger partial charge in [0.1, 0.15) is 17.3 Å². The van der Waals surface area contributed by atoms with Crippen LogP contribution in [0.15, 0.2) is 18.5 Å². The summed E-state index contributed by atoms with van der Waals surface area (Å²) in [7, 11) is 0. The van der Waals surface area contributed by atoms with Gasteiger partial charge in [0.15, 0.2) is 0 Å².